The van der Waals surface area contributed by atoms with E-state index in [0.29, 0.717) is 0 Å². The third-order valence-electron chi connectivity index (χ3n) is 2.55. The highest BCUT2D eigenvalue weighted by molar-refractivity contribution is 5.85. The van der Waals surface area contributed by atoms with E-state index in [0.717, 1.165) is 5.56 Å². The van der Waals surface area contributed by atoms with Gasteiger partial charge in [-0.15, -0.1) is 12.4 Å². The van der Waals surface area contributed by atoms with Crippen LogP contribution in [0.5, 0.6) is 0 Å². The number of nitrogens with two attached hydrogens (primary N) is 1. The van der Waals surface area contributed by atoms with E-state index in [-0.39, 0.29) is 30.3 Å². The summed E-state index contributed by atoms with van der Waals surface area (Å²) >= 11 is 0. The Morgan fingerprint density at radius 3 is 2.19 bits per heavy atom. The molecule has 0 bridgehead atoms. The van der Waals surface area contributed by atoms with Gasteiger partial charge in [-0.25, -0.2) is 0 Å². The minimum Gasteiger partial charge on any atom is -0.349 e. The summed E-state index contributed by atoms with van der Waals surface area (Å²) in [5, 5.41) is 0. The molecule has 1 amide bonds. The van der Waals surface area contributed by atoms with Crippen LogP contribution in [0.15, 0.2) is 30.3 Å². The average molecular weight is 243 g/mol. The first-order chi connectivity index (χ1) is 7.04. The first-order valence-electron chi connectivity index (χ1n) is 5.05. The fraction of sp³-hybridized carbons (Fsp3) is 0.417. The second-order valence-electron chi connectivity index (χ2n) is 3.96. The van der Waals surface area contributed by atoms with Crippen molar-refractivity contribution < 1.29 is 4.79 Å². The number of amides is 1. The van der Waals surface area contributed by atoms with E-state index < -0.39 is 0 Å². The molecule has 2 unspecified atom stereocenters. The van der Waals surface area contributed by atoms with Gasteiger partial charge in [0.2, 0.25) is 5.91 Å². The molecule has 1 aromatic rings. The fourth-order valence-corrected chi connectivity index (χ4v) is 1.52. The van der Waals surface area contributed by atoms with Crippen LogP contribution in [0, 0.1) is 5.92 Å². The lowest BCUT2D eigenvalue weighted by atomic mass is 9.94. The lowest BCUT2D eigenvalue weighted by Gasteiger charge is -2.22. The van der Waals surface area contributed by atoms with Crippen LogP contribution in [-0.2, 0) is 4.79 Å². The van der Waals surface area contributed by atoms with Gasteiger partial charge in [-0.2, -0.15) is 0 Å². The van der Waals surface area contributed by atoms with E-state index in [4.69, 9.17) is 5.73 Å². The summed E-state index contributed by atoms with van der Waals surface area (Å²) in [5.41, 5.74) is 7.03. The zero-order chi connectivity index (χ0) is 11.4. The Morgan fingerprint density at radius 2 is 1.75 bits per heavy atom. The molecule has 0 aliphatic carbocycles. The predicted molar refractivity (Wildman–Crippen MR) is 68.5 cm³/mol. The Balaban J connectivity index is 0.00000225. The summed E-state index contributed by atoms with van der Waals surface area (Å²) in [4.78, 5) is 13.3. The van der Waals surface area contributed by atoms with E-state index in [9.17, 15) is 4.79 Å². The predicted octanol–water partition coefficient (Wildman–Crippen LogP) is 1.83. The average Bonchev–Trinajstić information content (AvgIpc) is 2.27. The van der Waals surface area contributed by atoms with Crippen molar-refractivity contribution in [2.75, 3.05) is 14.1 Å². The van der Waals surface area contributed by atoms with Gasteiger partial charge in [0, 0.05) is 20.1 Å². The van der Waals surface area contributed by atoms with E-state index in [1.165, 1.54) is 0 Å². The Labute approximate surface area is 103 Å². The number of benzene rings is 1. The number of hydrogen-bond donors (Lipinski definition) is 1. The highest BCUT2D eigenvalue weighted by Crippen LogP contribution is 2.20. The van der Waals surface area contributed by atoms with Crippen LogP contribution in [0.2, 0.25) is 0 Å². The summed E-state index contributed by atoms with van der Waals surface area (Å²) in [5.74, 6) is -0.131. The van der Waals surface area contributed by atoms with Gasteiger partial charge >= 0.3 is 0 Å². The first kappa shape index (κ1) is 14.9. The first-order valence-corrected chi connectivity index (χ1v) is 5.05. The largest absolute Gasteiger partial charge is 0.349 e. The lowest BCUT2D eigenvalue weighted by Crippen LogP contribution is -2.34. The van der Waals surface area contributed by atoms with Crippen LogP contribution in [-0.4, -0.2) is 24.9 Å². The number of rotatable bonds is 3. The van der Waals surface area contributed by atoms with Gasteiger partial charge < -0.3 is 10.6 Å². The molecule has 0 saturated carbocycles. The van der Waals surface area contributed by atoms with Crippen LogP contribution in [0.25, 0.3) is 0 Å². The highest BCUT2D eigenvalue weighted by atomic mass is 35.5. The van der Waals surface area contributed by atoms with Crippen LogP contribution in [0.3, 0.4) is 0 Å². The molecule has 16 heavy (non-hydrogen) atoms. The molecule has 1 rings (SSSR count). The molecule has 0 saturated heterocycles. The zero-order valence-electron chi connectivity index (χ0n) is 9.88. The number of nitrogens with zero attached hydrogens (tertiary/aromatic N) is 1. The Kier molecular flexibility index (Phi) is 6.08. The minimum absolute atomic E-state index is 0. The fourth-order valence-electron chi connectivity index (χ4n) is 1.52. The van der Waals surface area contributed by atoms with E-state index >= 15 is 0 Å². The maximum Gasteiger partial charge on any atom is 0.226 e. The number of hydrogen-bond acceptors (Lipinski definition) is 2. The second kappa shape index (κ2) is 6.51. The van der Waals surface area contributed by atoms with Crippen LogP contribution >= 0.6 is 12.4 Å². The van der Waals surface area contributed by atoms with Crippen molar-refractivity contribution in [3.8, 4) is 0 Å². The summed E-state index contributed by atoms with van der Waals surface area (Å²) in [7, 11) is 3.49. The Morgan fingerprint density at radius 1 is 1.25 bits per heavy atom. The van der Waals surface area contributed by atoms with Crippen molar-refractivity contribution in [1.82, 2.24) is 4.90 Å². The molecule has 2 atom stereocenters. The standard InChI is InChI=1S/C12H18N2O.ClH/c1-9(12(15)14(2)3)11(13)10-7-5-4-6-8-10;/h4-9,11H,13H2,1-3H3;1H. The SMILES string of the molecule is CC(C(=O)N(C)C)C(N)c1ccccc1.Cl. The molecular formula is C12H19ClN2O. The van der Waals surface area contributed by atoms with Crippen LogP contribution in [0.4, 0.5) is 0 Å². The maximum atomic E-state index is 11.7. The topological polar surface area (TPSA) is 46.3 Å². The smallest absolute Gasteiger partial charge is 0.226 e. The molecule has 2 N–H and O–H groups in total. The van der Waals surface area contributed by atoms with Gasteiger partial charge in [-0.1, -0.05) is 37.3 Å². The molecule has 0 aliphatic rings. The number of carbonyl (C=O) groups is 1. The molecule has 0 aliphatic heterocycles. The zero-order valence-corrected chi connectivity index (χ0v) is 10.7. The van der Waals surface area contributed by atoms with Crippen molar-refractivity contribution >= 4 is 18.3 Å². The third-order valence-corrected chi connectivity index (χ3v) is 2.55. The molecule has 1 aromatic carbocycles. The second-order valence-corrected chi connectivity index (χ2v) is 3.96. The highest BCUT2D eigenvalue weighted by Gasteiger charge is 2.22. The quantitative estimate of drug-likeness (QED) is 0.879. The number of halogens is 1. The molecule has 0 fully saturated rings. The van der Waals surface area contributed by atoms with Crippen LogP contribution in [0.1, 0.15) is 18.5 Å². The van der Waals surface area contributed by atoms with Gasteiger partial charge in [-0.05, 0) is 5.56 Å². The van der Waals surface area contributed by atoms with Crippen molar-refractivity contribution in [1.29, 1.82) is 0 Å². The molecule has 90 valence electrons. The van der Waals surface area contributed by atoms with E-state index in [2.05, 4.69) is 0 Å². The lowest BCUT2D eigenvalue weighted by molar-refractivity contribution is -0.133. The van der Waals surface area contributed by atoms with Crippen molar-refractivity contribution in [3.05, 3.63) is 35.9 Å². The van der Waals surface area contributed by atoms with Gasteiger partial charge in [-0.3, -0.25) is 4.79 Å². The molecule has 4 heteroatoms. The molecular weight excluding hydrogens is 224 g/mol. The third kappa shape index (κ3) is 3.51. The maximum absolute atomic E-state index is 11.7. The monoisotopic (exact) mass is 242 g/mol. The molecule has 3 nitrogen and oxygen atoms in total. The summed E-state index contributed by atoms with van der Waals surface area (Å²) in [6.07, 6.45) is 0. The van der Waals surface area contributed by atoms with Gasteiger partial charge in [0.15, 0.2) is 0 Å². The van der Waals surface area contributed by atoms with Gasteiger partial charge in [0.1, 0.15) is 0 Å². The van der Waals surface area contributed by atoms with E-state index in [1.807, 2.05) is 37.3 Å². The Bertz CT molecular complexity index is 327. The molecule has 0 aromatic heterocycles. The van der Waals surface area contributed by atoms with Gasteiger partial charge in [0.05, 0.1) is 5.92 Å². The van der Waals surface area contributed by atoms with Crippen molar-refractivity contribution in [2.24, 2.45) is 11.7 Å². The normalized spacial score (nSPS) is 13.5. The minimum atomic E-state index is -0.235. The van der Waals surface area contributed by atoms with Crippen molar-refractivity contribution in [2.45, 2.75) is 13.0 Å². The summed E-state index contributed by atoms with van der Waals surface area (Å²) in [6, 6.07) is 9.47. The molecule has 0 heterocycles. The summed E-state index contributed by atoms with van der Waals surface area (Å²) in [6.45, 7) is 1.86. The van der Waals surface area contributed by atoms with Crippen molar-refractivity contribution in [3.63, 3.8) is 0 Å². The Hall–Kier alpha value is -1.06. The molecule has 0 radical (unpaired) electrons. The number of carbonyl (C=O) groups excluding carboxylic acids is 1. The van der Waals surface area contributed by atoms with Crippen LogP contribution < -0.4 is 5.73 Å². The summed E-state index contributed by atoms with van der Waals surface area (Å²) < 4.78 is 0. The van der Waals surface area contributed by atoms with E-state index in [1.54, 1.807) is 19.0 Å². The van der Waals surface area contributed by atoms with Gasteiger partial charge in [0.25, 0.3) is 0 Å². The molecule has 0 spiro atoms.